The summed E-state index contributed by atoms with van der Waals surface area (Å²) in [4.78, 5) is 22.0. The number of rotatable bonds is 7. The van der Waals surface area contributed by atoms with Crippen LogP contribution in [0.5, 0.6) is 5.75 Å². The Morgan fingerprint density at radius 2 is 1.89 bits per heavy atom. The number of methoxy groups -OCH3 is 1. The van der Waals surface area contributed by atoms with Crippen LogP contribution < -0.4 is 15.4 Å². The summed E-state index contributed by atoms with van der Waals surface area (Å²) in [5, 5.41) is 7.63. The average molecular weight is 395 g/mol. The Morgan fingerprint density at radius 3 is 2.68 bits per heavy atom. The van der Waals surface area contributed by atoms with Gasteiger partial charge in [-0.1, -0.05) is 36.0 Å². The average Bonchev–Trinajstić information content (AvgIpc) is 3.52. The molecule has 1 heterocycles. The van der Waals surface area contributed by atoms with Crippen LogP contribution in [-0.4, -0.2) is 34.3 Å². The van der Waals surface area contributed by atoms with Crippen LogP contribution in [0, 0.1) is 0 Å². The fourth-order valence-corrected chi connectivity index (χ4v) is 3.61. The van der Waals surface area contributed by atoms with Crippen LogP contribution in [0.1, 0.15) is 19.8 Å². The van der Waals surface area contributed by atoms with Crippen molar-refractivity contribution in [2.75, 3.05) is 17.7 Å². The second-order valence-corrected chi connectivity index (χ2v) is 8.05. The van der Waals surface area contributed by atoms with Gasteiger partial charge in [0.1, 0.15) is 11.6 Å². The van der Waals surface area contributed by atoms with Gasteiger partial charge in [-0.05, 0) is 44.0 Å². The SMILES string of the molecule is COc1ccccc1NC(=O)C(C)Sc1nc(NC2CC2)c2ccccc2n1. The highest BCUT2D eigenvalue weighted by molar-refractivity contribution is 8.00. The zero-order valence-electron chi connectivity index (χ0n) is 15.8. The van der Waals surface area contributed by atoms with Gasteiger partial charge in [-0.3, -0.25) is 4.79 Å². The first kappa shape index (κ1) is 18.6. The summed E-state index contributed by atoms with van der Waals surface area (Å²) < 4.78 is 5.30. The second-order valence-electron chi connectivity index (χ2n) is 6.74. The van der Waals surface area contributed by atoms with Crippen molar-refractivity contribution in [1.82, 2.24) is 9.97 Å². The predicted molar refractivity (Wildman–Crippen MR) is 113 cm³/mol. The molecule has 144 valence electrons. The van der Waals surface area contributed by atoms with E-state index < -0.39 is 0 Å². The molecule has 6 nitrogen and oxygen atoms in total. The third kappa shape index (κ3) is 4.20. The molecule has 1 aliphatic carbocycles. The van der Waals surface area contributed by atoms with E-state index in [0.717, 1.165) is 16.7 Å². The number of aromatic nitrogens is 2. The molecule has 2 N–H and O–H groups in total. The lowest BCUT2D eigenvalue weighted by Gasteiger charge is -2.14. The van der Waals surface area contributed by atoms with Crippen molar-refractivity contribution >= 4 is 40.1 Å². The molecule has 0 aliphatic heterocycles. The van der Waals surface area contributed by atoms with Crippen molar-refractivity contribution in [2.45, 2.75) is 36.2 Å². The summed E-state index contributed by atoms with van der Waals surface area (Å²) in [6, 6.07) is 15.8. The minimum absolute atomic E-state index is 0.122. The first-order valence-electron chi connectivity index (χ1n) is 9.28. The van der Waals surface area contributed by atoms with Crippen LogP contribution >= 0.6 is 11.8 Å². The molecule has 0 bridgehead atoms. The van der Waals surface area contributed by atoms with E-state index in [2.05, 4.69) is 20.6 Å². The van der Waals surface area contributed by atoms with E-state index in [1.807, 2.05) is 55.5 Å². The third-order valence-corrected chi connectivity index (χ3v) is 5.48. The lowest BCUT2D eigenvalue weighted by Crippen LogP contribution is -2.23. The van der Waals surface area contributed by atoms with Gasteiger partial charge in [0.15, 0.2) is 5.16 Å². The van der Waals surface area contributed by atoms with Crippen molar-refractivity contribution in [1.29, 1.82) is 0 Å². The standard InChI is InChI=1S/C21H22N4O2S/c1-13(20(26)23-17-9-5-6-10-18(17)27-2)28-21-24-16-8-4-3-7-15(16)19(25-21)22-14-11-12-14/h3-10,13-14H,11-12H2,1-2H3,(H,23,26)(H,22,24,25). The van der Waals surface area contributed by atoms with Crippen LogP contribution in [0.2, 0.25) is 0 Å². The number of hydrogen-bond acceptors (Lipinski definition) is 6. The zero-order chi connectivity index (χ0) is 19.5. The van der Waals surface area contributed by atoms with Crippen molar-refractivity contribution in [3.05, 3.63) is 48.5 Å². The molecule has 0 saturated heterocycles. The van der Waals surface area contributed by atoms with Crippen molar-refractivity contribution in [3.8, 4) is 5.75 Å². The largest absolute Gasteiger partial charge is 0.495 e. The molecule has 0 radical (unpaired) electrons. The molecule has 1 atom stereocenters. The molecule has 3 aromatic rings. The molecule has 1 fully saturated rings. The van der Waals surface area contributed by atoms with E-state index >= 15 is 0 Å². The Labute approximate surface area is 168 Å². The third-order valence-electron chi connectivity index (χ3n) is 4.52. The van der Waals surface area contributed by atoms with Crippen LogP contribution in [-0.2, 0) is 4.79 Å². The fourth-order valence-electron chi connectivity index (χ4n) is 2.83. The van der Waals surface area contributed by atoms with Crippen molar-refractivity contribution < 1.29 is 9.53 Å². The van der Waals surface area contributed by atoms with Gasteiger partial charge in [0.25, 0.3) is 0 Å². The number of benzene rings is 2. The van der Waals surface area contributed by atoms with Gasteiger partial charge < -0.3 is 15.4 Å². The Hall–Kier alpha value is -2.80. The molecule has 1 aromatic heterocycles. The number of hydrogen-bond donors (Lipinski definition) is 2. The van der Waals surface area contributed by atoms with E-state index in [0.29, 0.717) is 22.6 Å². The van der Waals surface area contributed by atoms with Crippen molar-refractivity contribution in [2.24, 2.45) is 0 Å². The Morgan fingerprint density at radius 1 is 1.14 bits per heavy atom. The lowest BCUT2D eigenvalue weighted by molar-refractivity contribution is -0.115. The summed E-state index contributed by atoms with van der Waals surface area (Å²) in [5.74, 6) is 1.35. The number of thioether (sulfide) groups is 1. The van der Waals surface area contributed by atoms with Crippen LogP contribution in [0.25, 0.3) is 10.9 Å². The Bertz CT molecular complexity index is 1010. The number of para-hydroxylation sites is 3. The maximum absolute atomic E-state index is 12.7. The summed E-state index contributed by atoms with van der Waals surface area (Å²) in [5.41, 5.74) is 1.53. The Kier molecular flexibility index (Phi) is 5.34. The molecular formula is C21H22N4O2S. The number of ether oxygens (including phenoxy) is 1. The summed E-state index contributed by atoms with van der Waals surface area (Å²) >= 11 is 1.35. The monoisotopic (exact) mass is 394 g/mol. The van der Waals surface area contributed by atoms with Gasteiger partial charge in [-0.25, -0.2) is 9.97 Å². The number of amides is 1. The smallest absolute Gasteiger partial charge is 0.237 e. The van der Waals surface area contributed by atoms with Gasteiger partial charge in [-0.15, -0.1) is 0 Å². The van der Waals surface area contributed by atoms with Crippen molar-refractivity contribution in [3.63, 3.8) is 0 Å². The molecule has 1 amide bonds. The highest BCUT2D eigenvalue weighted by Crippen LogP contribution is 2.31. The van der Waals surface area contributed by atoms with Gasteiger partial charge in [-0.2, -0.15) is 0 Å². The summed E-state index contributed by atoms with van der Waals surface area (Å²) in [7, 11) is 1.58. The molecule has 0 spiro atoms. The highest BCUT2D eigenvalue weighted by atomic mass is 32.2. The minimum atomic E-state index is -0.361. The molecule has 1 saturated carbocycles. The van der Waals surface area contributed by atoms with E-state index in [1.165, 1.54) is 24.6 Å². The molecule has 4 rings (SSSR count). The maximum atomic E-state index is 12.7. The number of carbonyl (C=O) groups is 1. The summed E-state index contributed by atoms with van der Waals surface area (Å²) in [6.07, 6.45) is 2.33. The quantitative estimate of drug-likeness (QED) is 0.459. The van der Waals surface area contributed by atoms with E-state index in [1.54, 1.807) is 7.11 Å². The normalized spacial score (nSPS) is 14.5. The van der Waals surface area contributed by atoms with Crippen LogP contribution in [0.3, 0.4) is 0 Å². The van der Waals surface area contributed by atoms with Gasteiger partial charge in [0.2, 0.25) is 5.91 Å². The number of anilines is 2. The first-order chi connectivity index (χ1) is 13.6. The van der Waals surface area contributed by atoms with E-state index in [9.17, 15) is 4.79 Å². The topological polar surface area (TPSA) is 76.1 Å². The van der Waals surface area contributed by atoms with Gasteiger partial charge in [0, 0.05) is 11.4 Å². The Balaban J connectivity index is 1.52. The number of carbonyl (C=O) groups excluding carboxylic acids is 1. The molecule has 2 aromatic carbocycles. The van der Waals surface area contributed by atoms with E-state index in [4.69, 9.17) is 4.74 Å². The van der Waals surface area contributed by atoms with Crippen LogP contribution in [0.4, 0.5) is 11.5 Å². The number of nitrogens with zero attached hydrogens (tertiary/aromatic N) is 2. The molecular weight excluding hydrogens is 372 g/mol. The molecule has 1 aliphatic rings. The second kappa shape index (κ2) is 8.06. The van der Waals surface area contributed by atoms with Gasteiger partial charge in [0.05, 0.1) is 23.6 Å². The summed E-state index contributed by atoms with van der Waals surface area (Å²) in [6.45, 7) is 1.85. The maximum Gasteiger partial charge on any atom is 0.237 e. The predicted octanol–water partition coefficient (Wildman–Crippen LogP) is 4.33. The van der Waals surface area contributed by atoms with Gasteiger partial charge >= 0.3 is 0 Å². The highest BCUT2D eigenvalue weighted by Gasteiger charge is 2.24. The zero-order valence-corrected chi connectivity index (χ0v) is 16.6. The number of nitrogens with one attached hydrogen (secondary N) is 2. The lowest BCUT2D eigenvalue weighted by atomic mass is 10.2. The van der Waals surface area contributed by atoms with E-state index in [-0.39, 0.29) is 11.2 Å². The first-order valence-corrected chi connectivity index (χ1v) is 10.2. The van der Waals surface area contributed by atoms with Crippen LogP contribution in [0.15, 0.2) is 53.7 Å². The number of fused-ring (bicyclic) bond motifs is 1. The molecule has 7 heteroatoms. The molecule has 28 heavy (non-hydrogen) atoms. The fraction of sp³-hybridized carbons (Fsp3) is 0.286. The molecule has 1 unspecified atom stereocenters. The minimum Gasteiger partial charge on any atom is -0.495 e.